The smallest absolute Gasteiger partial charge is 0.330 e. The van der Waals surface area contributed by atoms with Crippen molar-refractivity contribution in [3.63, 3.8) is 0 Å². The van der Waals surface area contributed by atoms with E-state index in [4.69, 9.17) is 4.74 Å². The molecule has 4 atom stereocenters. The van der Waals surface area contributed by atoms with Crippen LogP contribution in [-0.2, 0) is 40.0 Å². The van der Waals surface area contributed by atoms with Crippen molar-refractivity contribution in [2.75, 3.05) is 13.2 Å². The maximum Gasteiger partial charge on any atom is 0.330 e. The molecule has 2 aliphatic rings. The number of nitrogens with one attached hydrogen (secondary N) is 5. The van der Waals surface area contributed by atoms with Crippen molar-refractivity contribution in [1.29, 1.82) is 0 Å². The number of carbonyl (C=O) groups is 7. The maximum atomic E-state index is 14.0. The molecule has 5 amide bonds. The van der Waals surface area contributed by atoms with E-state index in [0.717, 1.165) is 44.9 Å². The Morgan fingerprint density at radius 2 is 1.62 bits per heavy atom. The molecule has 2 aromatic rings. The van der Waals surface area contributed by atoms with Gasteiger partial charge in [-0.1, -0.05) is 75.1 Å². The first-order valence-corrected chi connectivity index (χ1v) is 18.6. The molecule has 1 heterocycles. The molecule has 0 aromatic heterocycles. The van der Waals surface area contributed by atoms with Gasteiger partial charge < -0.3 is 36.4 Å². The van der Waals surface area contributed by atoms with Crippen molar-refractivity contribution in [2.45, 2.75) is 108 Å². The minimum atomic E-state index is -1.37. The van der Waals surface area contributed by atoms with Gasteiger partial charge in [0.05, 0.1) is 19.2 Å². The van der Waals surface area contributed by atoms with Gasteiger partial charge in [0, 0.05) is 12.8 Å². The Labute approximate surface area is 309 Å². The summed E-state index contributed by atoms with van der Waals surface area (Å²) < 4.78 is 5.90. The number of ether oxygens (including phenoxy) is 1. The van der Waals surface area contributed by atoms with Crippen LogP contribution >= 0.6 is 0 Å². The average molecular weight is 734 g/mol. The summed E-state index contributed by atoms with van der Waals surface area (Å²) in [6.07, 6.45) is 7.39. The van der Waals surface area contributed by atoms with Crippen molar-refractivity contribution in [1.82, 2.24) is 26.6 Å². The van der Waals surface area contributed by atoms with E-state index in [2.05, 4.69) is 26.6 Å². The number of rotatable bonds is 12. The Morgan fingerprint density at radius 3 is 2.34 bits per heavy atom. The summed E-state index contributed by atoms with van der Waals surface area (Å²) in [5.41, 5.74) is 1.01. The number of fused-ring (bicyclic) bond motifs is 2. The van der Waals surface area contributed by atoms with Crippen LogP contribution in [0.5, 0.6) is 5.75 Å². The number of aliphatic carboxylic acids is 1. The molecule has 2 bridgehead atoms. The summed E-state index contributed by atoms with van der Waals surface area (Å²) in [5.74, 6) is -5.23. The molecular weight excluding hydrogens is 682 g/mol. The lowest BCUT2D eigenvalue weighted by Crippen LogP contribution is -2.59. The number of carbonyl (C=O) groups excluding carboxylic acids is 6. The molecule has 14 nitrogen and oxygen atoms in total. The van der Waals surface area contributed by atoms with Gasteiger partial charge in [0.1, 0.15) is 17.8 Å². The van der Waals surface area contributed by atoms with E-state index >= 15 is 0 Å². The van der Waals surface area contributed by atoms with Crippen LogP contribution in [-0.4, -0.2) is 77.7 Å². The summed E-state index contributed by atoms with van der Waals surface area (Å²) in [6, 6.07) is 10.5. The standard InChI is InChI=1S/C39H51N5O9/c1-2-13-29(35(47)38(50)40-24-32(46)44-34(39(51)52)27-17-8-4-9-18-27)41-36(48)30-23-25-14-12-19-28(22-25)53-21-11-5-10-20-31(45)43-33(37(49)42-30)26-15-6-3-7-16-26/h4,8-9,12,14,17-19,22,26,29-30,33-34H,2-3,5-7,10-11,13,15-16,20-21,23-24H2,1H3,(H,40,50)(H,41,48)(H,42,49)(H,43,45)(H,44,46)(H,51,52). The molecule has 2 aromatic carbocycles. The third kappa shape index (κ3) is 12.7. The molecule has 1 saturated carbocycles. The Balaban J connectivity index is 1.49. The van der Waals surface area contributed by atoms with Gasteiger partial charge in [0.15, 0.2) is 6.04 Å². The molecular formula is C39H51N5O9. The average Bonchev–Trinajstić information content (AvgIpc) is 3.15. The first kappa shape index (κ1) is 40.5. The first-order valence-electron chi connectivity index (χ1n) is 18.6. The van der Waals surface area contributed by atoms with Crippen molar-refractivity contribution >= 4 is 41.3 Å². The van der Waals surface area contributed by atoms with Crippen LogP contribution in [0, 0.1) is 5.92 Å². The zero-order valence-corrected chi connectivity index (χ0v) is 30.2. The van der Waals surface area contributed by atoms with Crippen LogP contribution < -0.4 is 31.3 Å². The zero-order valence-electron chi connectivity index (χ0n) is 30.2. The minimum Gasteiger partial charge on any atom is -0.494 e. The van der Waals surface area contributed by atoms with Crippen molar-refractivity contribution < 1.29 is 43.4 Å². The Morgan fingerprint density at radius 1 is 0.887 bits per heavy atom. The van der Waals surface area contributed by atoms with Gasteiger partial charge in [-0.3, -0.25) is 28.8 Å². The van der Waals surface area contributed by atoms with E-state index in [0.29, 0.717) is 36.3 Å². The van der Waals surface area contributed by atoms with Crippen molar-refractivity contribution in [2.24, 2.45) is 5.92 Å². The van der Waals surface area contributed by atoms with Gasteiger partial charge in [0.2, 0.25) is 29.4 Å². The number of Topliss-reactive ketones (excluding diaryl/α,β-unsaturated/α-hetero) is 1. The Bertz CT molecular complexity index is 1590. The van der Waals surface area contributed by atoms with Crippen LogP contribution in [0.15, 0.2) is 54.6 Å². The third-order valence-corrected chi connectivity index (χ3v) is 9.54. The van der Waals surface area contributed by atoms with Gasteiger partial charge in [-0.05, 0) is 67.7 Å². The van der Waals surface area contributed by atoms with Gasteiger partial charge in [-0.25, -0.2) is 4.79 Å². The molecule has 4 rings (SSSR count). The summed E-state index contributed by atoms with van der Waals surface area (Å²) in [6.45, 7) is 1.54. The van der Waals surface area contributed by atoms with E-state index < -0.39 is 66.1 Å². The van der Waals surface area contributed by atoms with Crippen LogP contribution in [0.25, 0.3) is 0 Å². The summed E-state index contributed by atoms with van der Waals surface area (Å²) in [7, 11) is 0. The van der Waals surface area contributed by atoms with E-state index in [1.807, 2.05) is 0 Å². The quantitative estimate of drug-likeness (QED) is 0.177. The fraction of sp³-hybridized carbons (Fsp3) is 0.513. The van der Waals surface area contributed by atoms with Crippen LogP contribution in [0.3, 0.4) is 0 Å². The molecule has 0 radical (unpaired) electrons. The SMILES string of the molecule is CCCC(NC(=O)C1Cc2cccc(c2)OCCCCCC(=O)NC(C2CCCCC2)C(=O)N1)C(=O)C(=O)NCC(=O)NC(C(=O)O)c1ccccc1. The Kier molecular flexibility index (Phi) is 15.8. The van der Waals surface area contributed by atoms with Crippen molar-refractivity contribution in [3.05, 3.63) is 65.7 Å². The fourth-order valence-corrected chi connectivity index (χ4v) is 6.71. The molecule has 0 spiro atoms. The predicted molar refractivity (Wildman–Crippen MR) is 194 cm³/mol. The molecule has 53 heavy (non-hydrogen) atoms. The number of hydrogen-bond acceptors (Lipinski definition) is 8. The lowest BCUT2D eigenvalue weighted by atomic mass is 9.83. The predicted octanol–water partition coefficient (Wildman–Crippen LogP) is 2.64. The van der Waals surface area contributed by atoms with E-state index in [1.54, 1.807) is 49.4 Å². The Hall–Kier alpha value is -5.27. The summed E-state index contributed by atoms with van der Waals surface area (Å²) in [5, 5.41) is 22.6. The van der Waals surface area contributed by atoms with Crippen molar-refractivity contribution in [3.8, 4) is 5.75 Å². The second-order valence-corrected chi connectivity index (χ2v) is 13.7. The highest BCUT2D eigenvalue weighted by molar-refractivity contribution is 6.38. The zero-order chi connectivity index (χ0) is 38.2. The monoisotopic (exact) mass is 733 g/mol. The minimum absolute atomic E-state index is 0.0334. The normalized spacial score (nSPS) is 19.9. The first-order chi connectivity index (χ1) is 25.5. The van der Waals surface area contributed by atoms with Gasteiger partial charge in [0.25, 0.3) is 5.91 Å². The van der Waals surface area contributed by atoms with E-state index in [1.165, 1.54) is 12.1 Å². The largest absolute Gasteiger partial charge is 0.494 e. The van der Waals surface area contributed by atoms with E-state index in [9.17, 15) is 38.7 Å². The third-order valence-electron chi connectivity index (χ3n) is 9.54. The molecule has 14 heteroatoms. The second kappa shape index (κ2) is 20.7. The highest BCUT2D eigenvalue weighted by Crippen LogP contribution is 2.27. The lowest BCUT2D eigenvalue weighted by molar-refractivity contribution is -0.142. The number of ketones is 1. The summed E-state index contributed by atoms with van der Waals surface area (Å²) >= 11 is 0. The molecule has 0 saturated heterocycles. The molecule has 4 unspecified atom stereocenters. The van der Waals surface area contributed by atoms with Gasteiger partial charge in [-0.15, -0.1) is 0 Å². The second-order valence-electron chi connectivity index (χ2n) is 13.7. The molecule has 6 N–H and O–H groups in total. The van der Waals surface area contributed by atoms with Crippen LogP contribution in [0.4, 0.5) is 0 Å². The number of carboxylic acids is 1. The maximum absolute atomic E-state index is 14.0. The van der Waals surface area contributed by atoms with Gasteiger partial charge >= 0.3 is 5.97 Å². The number of amides is 5. The number of benzene rings is 2. The molecule has 286 valence electrons. The van der Waals surface area contributed by atoms with Crippen LogP contribution in [0.1, 0.15) is 94.7 Å². The van der Waals surface area contributed by atoms with Crippen LogP contribution in [0.2, 0.25) is 0 Å². The van der Waals surface area contributed by atoms with E-state index in [-0.39, 0.29) is 31.1 Å². The lowest BCUT2D eigenvalue weighted by Gasteiger charge is -2.31. The highest BCUT2D eigenvalue weighted by Gasteiger charge is 2.35. The fourth-order valence-electron chi connectivity index (χ4n) is 6.71. The number of carboxylic acid groups (broad SMARTS) is 1. The summed E-state index contributed by atoms with van der Waals surface area (Å²) in [4.78, 5) is 91.6. The molecule has 1 aliphatic heterocycles. The topological polar surface area (TPSA) is 209 Å². The molecule has 1 fully saturated rings. The molecule has 1 aliphatic carbocycles. The number of hydrogen-bond donors (Lipinski definition) is 6. The highest BCUT2D eigenvalue weighted by atomic mass is 16.5. The van der Waals surface area contributed by atoms with Gasteiger partial charge in [-0.2, -0.15) is 0 Å².